The molecule has 0 aliphatic heterocycles. The summed E-state index contributed by atoms with van der Waals surface area (Å²) in [7, 11) is 0. The number of fused-ring (bicyclic) bond motifs is 6. The Balaban J connectivity index is 1.04. The van der Waals surface area contributed by atoms with Crippen molar-refractivity contribution >= 4 is 112 Å². The van der Waals surface area contributed by atoms with Crippen molar-refractivity contribution in [1.82, 2.24) is 9.13 Å². The van der Waals surface area contributed by atoms with E-state index in [1.54, 1.807) is 0 Å². The highest BCUT2D eigenvalue weighted by molar-refractivity contribution is 6.16. The smallest absolute Gasteiger partial charge is 0.0998 e. The first-order valence-corrected chi connectivity index (χ1v) is 33.5. The lowest BCUT2D eigenvalue weighted by Crippen LogP contribution is -2.11. The van der Waals surface area contributed by atoms with Crippen molar-refractivity contribution in [3.63, 3.8) is 0 Å². The van der Waals surface area contributed by atoms with Crippen molar-refractivity contribution in [1.29, 1.82) is 10.5 Å². The second kappa shape index (κ2) is 26.0. The van der Waals surface area contributed by atoms with Crippen LogP contribution in [-0.4, -0.2) is 9.13 Å². The van der Waals surface area contributed by atoms with Crippen molar-refractivity contribution in [2.45, 2.75) is 0 Å². The standard InChI is InChI=1S/C92H62N8/c93-63-65-29-25-27-47-79(65)81-53-54-82(80-48-28-26-30-66(80)64-94)92(100-89-57-51-77(97(71-39-17-5-18-40-71)72-41-19-6-20-42-72)61-85(89)86-62-78(52-58-90(86)100)98(73-43-21-7-22-44-73)74-45-23-8-24-46-74)91(81)99-87-55-49-75(95(67-31-9-1-10-32-67)68-33-11-2-12-34-68)59-83(87)84-60-76(50-56-88(84)99)96(69-35-13-3-14-36-69)70-37-15-4-16-38-70/h1-62H. The van der Waals surface area contributed by atoms with Gasteiger partial charge in [-0.15, -0.1) is 0 Å². The number of rotatable bonds is 16. The third kappa shape index (κ3) is 10.7. The maximum absolute atomic E-state index is 11.4. The van der Waals surface area contributed by atoms with E-state index in [-0.39, 0.29) is 0 Å². The van der Waals surface area contributed by atoms with E-state index < -0.39 is 0 Å². The quantitative estimate of drug-likeness (QED) is 0.0960. The topological polar surface area (TPSA) is 70.4 Å². The number of aromatic nitrogens is 2. The summed E-state index contributed by atoms with van der Waals surface area (Å²) in [4.78, 5) is 9.28. The number of para-hydroxylation sites is 8. The summed E-state index contributed by atoms with van der Waals surface area (Å²) in [6.07, 6.45) is 0. The Labute approximate surface area is 580 Å². The lowest BCUT2D eigenvalue weighted by molar-refractivity contribution is 1.10. The van der Waals surface area contributed by atoms with Crippen molar-refractivity contribution in [2.75, 3.05) is 19.6 Å². The molecule has 17 aromatic rings. The van der Waals surface area contributed by atoms with Crippen LogP contribution in [0.3, 0.4) is 0 Å². The summed E-state index contributed by atoms with van der Waals surface area (Å²) in [6, 6.07) is 137. The predicted molar refractivity (Wildman–Crippen MR) is 414 cm³/mol. The van der Waals surface area contributed by atoms with Gasteiger partial charge >= 0.3 is 0 Å². The maximum Gasteiger partial charge on any atom is 0.0998 e. The molecular weight excluding hydrogens is 1220 g/mol. The Morgan fingerprint density at radius 3 is 0.600 bits per heavy atom. The SMILES string of the molecule is N#Cc1ccccc1-c1ccc(-c2ccccc2C#N)c(-n2c3ccc(N(c4ccccc4)c4ccccc4)cc3c3cc(N(c4ccccc4)c4ccccc4)ccc32)c1-n1c2ccc(N(c3ccccc3)c3ccccc3)cc2c2cc(N(c3ccccc3)c3ccccc3)ccc21. The van der Waals surface area contributed by atoms with Gasteiger partial charge in [-0.25, -0.2) is 0 Å². The Hall–Kier alpha value is -13.9. The molecule has 0 N–H and O–H groups in total. The fourth-order valence-corrected chi connectivity index (χ4v) is 14.5. The summed E-state index contributed by atoms with van der Waals surface area (Å²) >= 11 is 0. The highest BCUT2D eigenvalue weighted by Gasteiger charge is 2.30. The van der Waals surface area contributed by atoms with E-state index in [0.717, 1.165) is 145 Å². The van der Waals surface area contributed by atoms with Gasteiger partial charge < -0.3 is 28.7 Å². The van der Waals surface area contributed by atoms with E-state index in [2.05, 4.69) is 381 Å². The van der Waals surface area contributed by atoms with Crippen molar-refractivity contribution in [3.05, 3.63) is 387 Å². The van der Waals surface area contributed by atoms with Crippen molar-refractivity contribution < 1.29 is 0 Å². The monoisotopic (exact) mass is 1280 g/mol. The van der Waals surface area contributed by atoms with Gasteiger partial charge in [0.15, 0.2) is 0 Å². The Bertz CT molecular complexity index is 5120. The first-order valence-electron chi connectivity index (χ1n) is 33.5. The number of hydrogen-bond donors (Lipinski definition) is 0. The summed E-state index contributed by atoms with van der Waals surface area (Å²) in [5.74, 6) is 0. The summed E-state index contributed by atoms with van der Waals surface area (Å²) < 4.78 is 4.86. The van der Waals surface area contributed by atoms with Gasteiger partial charge in [-0.3, -0.25) is 0 Å². The van der Waals surface area contributed by atoms with Crippen LogP contribution in [0.2, 0.25) is 0 Å². The highest BCUT2D eigenvalue weighted by Crippen LogP contribution is 2.51. The van der Waals surface area contributed by atoms with E-state index in [9.17, 15) is 10.5 Å². The fraction of sp³-hybridized carbons (Fsp3) is 0. The minimum atomic E-state index is 0.522. The van der Waals surface area contributed by atoms with Gasteiger partial charge in [-0.05, 0) is 182 Å². The lowest BCUT2D eigenvalue weighted by Gasteiger charge is -2.27. The van der Waals surface area contributed by atoms with E-state index in [1.165, 1.54) is 0 Å². The molecule has 100 heavy (non-hydrogen) atoms. The van der Waals surface area contributed by atoms with Gasteiger partial charge in [-0.1, -0.05) is 194 Å². The number of anilines is 12. The Morgan fingerprint density at radius 1 is 0.190 bits per heavy atom. The molecule has 0 atom stereocenters. The van der Waals surface area contributed by atoms with Crippen LogP contribution >= 0.6 is 0 Å². The summed E-state index contributed by atoms with van der Waals surface area (Å²) in [5, 5.41) is 26.8. The molecule has 0 amide bonds. The van der Waals surface area contributed by atoms with Gasteiger partial charge in [0.1, 0.15) is 0 Å². The van der Waals surface area contributed by atoms with E-state index in [4.69, 9.17) is 0 Å². The van der Waals surface area contributed by atoms with Gasteiger partial charge in [0.25, 0.3) is 0 Å². The minimum absolute atomic E-state index is 0.522. The van der Waals surface area contributed by atoms with Crippen LogP contribution in [0.25, 0.3) is 77.2 Å². The van der Waals surface area contributed by atoms with E-state index in [1.807, 2.05) is 36.4 Å². The molecule has 0 radical (unpaired) electrons. The zero-order valence-electron chi connectivity index (χ0n) is 54.4. The van der Waals surface area contributed by atoms with Crippen LogP contribution in [0.15, 0.2) is 376 Å². The third-order valence-electron chi connectivity index (χ3n) is 18.9. The van der Waals surface area contributed by atoms with Crippen molar-refractivity contribution in [3.8, 4) is 45.8 Å². The van der Waals surface area contributed by atoms with Crippen LogP contribution < -0.4 is 19.6 Å². The minimum Gasteiger partial charge on any atom is -0.310 e. The second-order valence-corrected chi connectivity index (χ2v) is 24.7. The normalized spacial score (nSPS) is 11.2. The molecule has 15 aromatic carbocycles. The second-order valence-electron chi connectivity index (χ2n) is 24.7. The zero-order valence-corrected chi connectivity index (χ0v) is 54.4. The third-order valence-corrected chi connectivity index (χ3v) is 18.9. The molecule has 0 bridgehead atoms. The van der Waals surface area contributed by atoms with Crippen LogP contribution in [0.5, 0.6) is 0 Å². The highest BCUT2D eigenvalue weighted by atomic mass is 15.2. The first-order chi connectivity index (χ1) is 49.6. The average molecular weight is 1280 g/mol. The first kappa shape index (κ1) is 59.8. The average Bonchev–Trinajstić information content (AvgIpc) is 1.51. The molecule has 470 valence electrons. The molecule has 0 spiro atoms. The molecule has 0 saturated heterocycles. The molecule has 2 aromatic heterocycles. The molecule has 0 saturated carbocycles. The molecular formula is C92H62N8. The maximum atomic E-state index is 11.4. The lowest BCUT2D eigenvalue weighted by atomic mass is 9.91. The zero-order chi connectivity index (χ0) is 66.9. The van der Waals surface area contributed by atoms with Gasteiger partial charge in [0.2, 0.25) is 0 Å². The molecule has 2 heterocycles. The number of nitrogens with zero attached hydrogens (tertiary/aromatic N) is 8. The number of nitriles is 2. The van der Waals surface area contributed by atoms with E-state index >= 15 is 0 Å². The molecule has 0 unspecified atom stereocenters. The molecule has 8 nitrogen and oxygen atoms in total. The largest absolute Gasteiger partial charge is 0.310 e. The molecule has 17 rings (SSSR count). The predicted octanol–water partition coefficient (Wildman–Crippen LogP) is 24.8. The Kier molecular flexibility index (Phi) is 15.6. The van der Waals surface area contributed by atoms with Crippen LogP contribution in [-0.2, 0) is 0 Å². The van der Waals surface area contributed by atoms with Gasteiger partial charge in [-0.2, -0.15) is 10.5 Å². The number of hydrogen-bond acceptors (Lipinski definition) is 6. The fourth-order valence-electron chi connectivity index (χ4n) is 14.5. The van der Waals surface area contributed by atoms with Gasteiger partial charge in [0.05, 0.1) is 56.7 Å². The van der Waals surface area contributed by atoms with E-state index in [0.29, 0.717) is 11.1 Å². The molecule has 0 aliphatic rings. The Morgan fingerprint density at radius 2 is 0.390 bits per heavy atom. The number of benzene rings is 15. The molecule has 8 heteroatoms. The summed E-state index contributed by atoms with van der Waals surface area (Å²) in [5.41, 5.74) is 21.6. The van der Waals surface area contributed by atoms with Gasteiger partial charge in [0, 0.05) is 112 Å². The van der Waals surface area contributed by atoms with Crippen molar-refractivity contribution in [2.24, 2.45) is 0 Å². The molecule has 0 aliphatic carbocycles. The molecule has 0 fully saturated rings. The summed E-state index contributed by atoms with van der Waals surface area (Å²) in [6.45, 7) is 0. The van der Waals surface area contributed by atoms with Crippen LogP contribution in [0.4, 0.5) is 68.2 Å². The van der Waals surface area contributed by atoms with Crippen LogP contribution in [0.1, 0.15) is 11.1 Å². The van der Waals surface area contributed by atoms with Crippen LogP contribution in [0, 0.1) is 22.7 Å².